The molecule has 0 aliphatic heterocycles. The minimum Gasteiger partial charge on any atom is -0.399 e. The van der Waals surface area contributed by atoms with E-state index in [9.17, 15) is 0 Å². The quantitative estimate of drug-likeness (QED) is 0.374. The number of nitrogens with two attached hydrogens (primary N) is 1. The van der Waals surface area contributed by atoms with Crippen molar-refractivity contribution >= 4 is 17.8 Å². The van der Waals surface area contributed by atoms with Crippen LogP contribution >= 0.6 is 0 Å². The van der Waals surface area contributed by atoms with Crippen molar-refractivity contribution < 1.29 is 33.3 Å². The first-order valence-corrected chi connectivity index (χ1v) is 10.8. The third kappa shape index (κ3) is 7.63. The molecule has 162 valence electrons. The highest BCUT2D eigenvalue weighted by molar-refractivity contribution is 5.75. The van der Waals surface area contributed by atoms with Crippen LogP contribution in [0.2, 0.25) is 0 Å². The summed E-state index contributed by atoms with van der Waals surface area (Å²) in [6.45, 7) is 0. The van der Waals surface area contributed by atoms with Crippen LogP contribution in [0.15, 0.2) is 101 Å². The molecule has 0 spiro atoms. The fourth-order valence-electron chi connectivity index (χ4n) is 2.91. The summed E-state index contributed by atoms with van der Waals surface area (Å²) >= 11 is 0. The summed E-state index contributed by atoms with van der Waals surface area (Å²) in [4.78, 5) is 0. The third-order valence-corrected chi connectivity index (χ3v) is 4.34. The van der Waals surface area contributed by atoms with Crippen molar-refractivity contribution in [1.82, 2.24) is 0 Å². The Hall–Kier alpha value is -3.52. The predicted octanol–water partition coefficient (Wildman–Crippen LogP) is 1.89. The zero-order chi connectivity index (χ0) is 23.0. The SMILES string of the molecule is Nc1ccc(C=Cc2cc(-c3ccccc3)[o+]c(-c3ccccc3)c2)cc1.[O-][Cl+3]([O-])([O-])[O-]. The Morgan fingerprint density at radius 3 is 1.44 bits per heavy atom. The Morgan fingerprint density at radius 2 is 1.00 bits per heavy atom. The lowest BCUT2D eigenvalue weighted by Crippen LogP contribution is -2.68. The van der Waals surface area contributed by atoms with Crippen LogP contribution in [0, 0.1) is 10.2 Å². The molecule has 0 unspecified atom stereocenters. The van der Waals surface area contributed by atoms with Crippen LogP contribution in [0.25, 0.3) is 34.8 Å². The zero-order valence-corrected chi connectivity index (χ0v) is 17.6. The molecule has 0 amide bonds. The van der Waals surface area contributed by atoms with Gasteiger partial charge in [0.05, 0.1) is 23.3 Å². The highest BCUT2D eigenvalue weighted by Crippen LogP contribution is 2.29. The normalized spacial score (nSPS) is 11.1. The van der Waals surface area contributed by atoms with E-state index < -0.39 is 10.2 Å². The van der Waals surface area contributed by atoms with Crippen molar-refractivity contribution in [1.29, 1.82) is 0 Å². The summed E-state index contributed by atoms with van der Waals surface area (Å²) in [5.41, 5.74) is 10.8. The molecule has 32 heavy (non-hydrogen) atoms. The summed E-state index contributed by atoms with van der Waals surface area (Å²) in [5.74, 6) is 1.68. The van der Waals surface area contributed by atoms with Gasteiger partial charge >= 0.3 is 11.5 Å². The van der Waals surface area contributed by atoms with Gasteiger partial charge in [-0.25, -0.2) is 23.1 Å². The smallest absolute Gasteiger partial charge is 0.361 e. The van der Waals surface area contributed by atoms with Crippen LogP contribution in [0.3, 0.4) is 0 Å². The van der Waals surface area contributed by atoms with Crippen molar-refractivity contribution in [3.8, 4) is 22.6 Å². The van der Waals surface area contributed by atoms with Gasteiger partial charge in [-0.1, -0.05) is 60.7 Å². The zero-order valence-electron chi connectivity index (χ0n) is 16.9. The molecule has 7 heteroatoms. The van der Waals surface area contributed by atoms with E-state index in [1.165, 1.54) is 0 Å². The Balaban J connectivity index is 0.000000523. The number of halogens is 1. The second-order valence-corrected chi connectivity index (χ2v) is 7.49. The van der Waals surface area contributed by atoms with Crippen LogP contribution < -0.4 is 24.4 Å². The number of benzene rings is 3. The average molecular weight is 450 g/mol. The van der Waals surface area contributed by atoms with Gasteiger partial charge in [0.25, 0.3) is 0 Å². The van der Waals surface area contributed by atoms with E-state index in [1.54, 1.807) is 0 Å². The molecule has 2 N–H and O–H groups in total. The van der Waals surface area contributed by atoms with Gasteiger partial charge in [-0.2, -0.15) is 0 Å². The molecule has 0 saturated carbocycles. The number of rotatable bonds is 4. The largest absolute Gasteiger partial charge is 0.399 e. The van der Waals surface area contributed by atoms with Gasteiger partial charge in [0.15, 0.2) is 0 Å². The number of anilines is 1. The lowest BCUT2D eigenvalue weighted by Gasteiger charge is -2.17. The molecular weight excluding hydrogens is 430 g/mol. The molecular formula is C25H20ClNO5. The van der Waals surface area contributed by atoms with E-state index in [0.29, 0.717) is 0 Å². The average Bonchev–Trinajstić information content (AvgIpc) is 2.79. The summed E-state index contributed by atoms with van der Waals surface area (Å²) in [5, 5.41) is 0. The van der Waals surface area contributed by atoms with Crippen LogP contribution in [0.4, 0.5) is 5.69 Å². The van der Waals surface area contributed by atoms with Crippen molar-refractivity contribution in [3.05, 3.63) is 108 Å². The molecule has 0 fully saturated rings. The number of nitrogen functional groups attached to an aromatic ring is 1. The molecule has 0 radical (unpaired) electrons. The molecule has 4 rings (SSSR count). The summed E-state index contributed by atoms with van der Waals surface area (Å²) in [6, 6.07) is 32.3. The van der Waals surface area contributed by atoms with Gasteiger partial charge in [-0.15, -0.1) is 10.2 Å². The molecule has 3 aromatic carbocycles. The Kier molecular flexibility index (Phi) is 7.72. The van der Waals surface area contributed by atoms with E-state index in [1.807, 2.05) is 60.7 Å². The maximum atomic E-state index is 8.49. The molecule has 4 aromatic rings. The number of hydrogen-bond donors (Lipinski definition) is 1. The van der Waals surface area contributed by atoms with Gasteiger partial charge < -0.3 is 5.73 Å². The van der Waals surface area contributed by atoms with Gasteiger partial charge in [0.1, 0.15) is 0 Å². The molecule has 1 heterocycles. The van der Waals surface area contributed by atoms with Gasteiger partial charge in [0.2, 0.25) is 0 Å². The van der Waals surface area contributed by atoms with Crippen molar-refractivity contribution in [2.75, 3.05) is 5.73 Å². The molecule has 6 nitrogen and oxygen atoms in total. The molecule has 1 aromatic heterocycles. The monoisotopic (exact) mass is 449 g/mol. The summed E-state index contributed by atoms with van der Waals surface area (Å²) < 4.78 is 40.2. The lowest BCUT2D eigenvalue weighted by molar-refractivity contribution is -2.00. The lowest BCUT2D eigenvalue weighted by atomic mass is 10.1. The van der Waals surface area contributed by atoms with Crippen LogP contribution in [0.5, 0.6) is 0 Å². The first-order chi connectivity index (χ1) is 15.3. The van der Waals surface area contributed by atoms with Crippen LogP contribution in [0.1, 0.15) is 11.1 Å². The summed E-state index contributed by atoms with van der Waals surface area (Å²) in [7, 11) is -4.94. The maximum absolute atomic E-state index is 8.49. The minimum absolute atomic E-state index is 0.767. The third-order valence-electron chi connectivity index (χ3n) is 4.34. The highest BCUT2D eigenvalue weighted by atomic mass is 35.7. The van der Waals surface area contributed by atoms with Gasteiger partial charge in [0, 0.05) is 5.69 Å². The fourth-order valence-corrected chi connectivity index (χ4v) is 2.91. The van der Waals surface area contributed by atoms with Crippen LogP contribution in [-0.4, -0.2) is 0 Å². The van der Waals surface area contributed by atoms with Gasteiger partial charge in [-0.3, -0.25) is 0 Å². The topological polar surface area (TPSA) is 130 Å². The second-order valence-electron chi connectivity index (χ2n) is 6.73. The van der Waals surface area contributed by atoms with E-state index in [-0.39, 0.29) is 0 Å². The number of hydrogen-bond acceptors (Lipinski definition) is 5. The van der Waals surface area contributed by atoms with Crippen molar-refractivity contribution in [2.45, 2.75) is 0 Å². The Labute approximate surface area is 187 Å². The fraction of sp³-hybridized carbons (Fsp3) is 0. The standard InChI is InChI=1S/C25H20NO.ClHO4/c26-23-15-13-19(14-16-23)11-12-20-17-24(21-7-3-1-4-8-21)27-25(18-20)22-9-5-2-6-10-22;2-1(3,4)5/h1-18H,26H2;(H,2,3,4,5)/q+1;/p-1. The summed E-state index contributed by atoms with van der Waals surface area (Å²) in [6.07, 6.45) is 4.18. The molecule has 0 bridgehead atoms. The Morgan fingerprint density at radius 1 is 0.594 bits per heavy atom. The van der Waals surface area contributed by atoms with Crippen molar-refractivity contribution in [3.63, 3.8) is 0 Å². The highest BCUT2D eigenvalue weighted by Gasteiger charge is 2.18. The van der Waals surface area contributed by atoms with E-state index in [4.69, 9.17) is 28.8 Å². The molecule has 0 saturated heterocycles. The second kappa shape index (κ2) is 10.7. The van der Waals surface area contributed by atoms with E-state index >= 15 is 0 Å². The van der Waals surface area contributed by atoms with Gasteiger partial charge in [-0.05, 0) is 47.5 Å². The minimum atomic E-state index is -4.94. The molecule has 0 aliphatic carbocycles. The first kappa shape index (κ1) is 23.1. The van der Waals surface area contributed by atoms with E-state index in [0.717, 1.165) is 39.5 Å². The maximum Gasteiger partial charge on any atom is 0.361 e. The van der Waals surface area contributed by atoms with Crippen molar-refractivity contribution in [2.24, 2.45) is 0 Å². The molecule has 0 aliphatic rings. The Bertz CT molecular complexity index is 1090. The predicted molar refractivity (Wildman–Crippen MR) is 114 cm³/mol. The molecule has 0 atom stereocenters. The van der Waals surface area contributed by atoms with Crippen LogP contribution in [-0.2, 0) is 0 Å². The van der Waals surface area contributed by atoms with E-state index in [2.05, 4.69) is 48.6 Å². The first-order valence-electron chi connectivity index (χ1n) is 9.52.